The molecule has 0 aliphatic rings. The number of hydrogen-bond donors (Lipinski definition) is 1. The Bertz CT molecular complexity index is 802. The SMILES string of the molecule is Cc1ccc(-c2c(-c3ccc([N+](=O)[O-])o3)noc2N)cc1. The Morgan fingerprint density at radius 3 is 2.52 bits per heavy atom. The van der Waals surface area contributed by atoms with Crippen molar-refractivity contribution in [3.8, 4) is 22.6 Å². The number of hydrogen-bond acceptors (Lipinski definition) is 6. The number of aryl methyl sites for hydroxylation is 1. The van der Waals surface area contributed by atoms with E-state index in [1.807, 2.05) is 31.2 Å². The lowest BCUT2D eigenvalue weighted by atomic mass is 10.0. The molecule has 7 heteroatoms. The number of nitrogens with zero attached hydrogens (tertiary/aromatic N) is 2. The summed E-state index contributed by atoms with van der Waals surface area (Å²) in [5, 5.41) is 14.5. The van der Waals surface area contributed by atoms with Crippen molar-refractivity contribution >= 4 is 11.8 Å². The topological polar surface area (TPSA) is 108 Å². The molecule has 0 bridgehead atoms. The van der Waals surface area contributed by atoms with E-state index in [0.717, 1.165) is 11.1 Å². The van der Waals surface area contributed by atoms with Gasteiger partial charge in [0.05, 0.1) is 11.6 Å². The summed E-state index contributed by atoms with van der Waals surface area (Å²) in [5.74, 6) is 0.00654. The molecule has 3 rings (SSSR count). The van der Waals surface area contributed by atoms with Gasteiger partial charge in [-0.1, -0.05) is 35.0 Å². The summed E-state index contributed by atoms with van der Waals surface area (Å²) in [6.45, 7) is 1.97. The van der Waals surface area contributed by atoms with E-state index in [2.05, 4.69) is 5.16 Å². The highest BCUT2D eigenvalue weighted by Crippen LogP contribution is 2.37. The van der Waals surface area contributed by atoms with Crippen LogP contribution in [0.2, 0.25) is 0 Å². The molecular formula is C14H11N3O4. The zero-order valence-corrected chi connectivity index (χ0v) is 11.1. The third-order valence-corrected chi connectivity index (χ3v) is 3.06. The molecule has 0 amide bonds. The van der Waals surface area contributed by atoms with Crippen LogP contribution in [0.5, 0.6) is 0 Å². The zero-order valence-electron chi connectivity index (χ0n) is 11.1. The molecule has 1 aromatic carbocycles. The summed E-state index contributed by atoms with van der Waals surface area (Å²) >= 11 is 0. The van der Waals surface area contributed by atoms with E-state index in [9.17, 15) is 10.1 Å². The van der Waals surface area contributed by atoms with Crippen LogP contribution in [0.15, 0.2) is 45.3 Å². The molecule has 21 heavy (non-hydrogen) atoms. The van der Waals surface area contributed by atoms with E-state index in [-0.39, 0.29) is 17.5 Å². The fourth-order valence-corrected chi connectivity index (χ4v) is 2.02. The molecule has 0 aliphatic carbocycles. The molecule has 0 fully saturated rings. The zero-order chi connectivity index (χ0) is 15.0. The van der Waals surface area contributed by atoms with E-state index in [1.54, 1.807) is 0 Å². The Hall–Kier alpha value is -3.09. The second-order valence-corrected chi connectivity index (χ2v) is 4.53. The van der Waals surface area contributed by atoms with Crippen molar-refractivity contribution < 1.29 is 13.9 Å². The third kappa shape index (κ3) is 2.25. The highest BCUT2D eigenvalue weighted by molar-refractivity contribution is 5.85. The monoisotopic (exact) mass is 285 g/mol. The molecule has 0 spiro atoms. The number of benzene rings is 1. The largest absolute Gasteiger partial charge is 0.433 e. The smallest absolute Gasteiger partial charge is 0.399 e. The van der Waals surface area contributed by atoms with Crippen molar-refractivity contribution in [3.63, 3.8) is 0 Å². The molecule has 3 aromatic rings. The van der Waals surface area contributed by atoms with Crippen LogP contribution in [0.3, 0.4) is 0 Å². The van der Waals surface area contributed by atoms with Crippen molar-refractivity contribution in [2.75, 3.05) is 5.73 Å². The molecular weight excluding hydrogens is 274 g/mol. The maximum absolute atomic E-state index is 10.7. The van der Waals surface area contributed by atoms with Gasteiger partial charge in [-0.15, -0.1) is 0 Å². The highest BCUT2D eigenvalue weighted by atomic mass is 16.6. The second kappa shape index (κ2) is 4.78. The van der Waals surface area contributed by atoms with Gasteiger partial charge in [-0.25, -0.2) is 0 Å². The standard InChI is InChI=1S/C14H11N3O4/c1-8-2-4-9(5-3-8)12-13(16-21-14(12)15)10-6-7-11(20-10)17(18)19/h2-7H,15H2,1H3. The van der Waals surface area contributed by atoms with Gasteiger partial charge < -0.3 is 14.7 Å². The molecule has 0 radical (unpaired) electrons. The molecule has 2 aromatic heterocycles. The number of furan rings is 1. The first-order valence-electron chi connectivity index (χ1n) is 6.13. The van der Waals surface area contributed by atoms with Gasteiger partial charge in [0.15, 0.2) is 11.5 Å². The Morgan fingerprint density at radius 1 is 1.19 bits per heavy atom. The molecule has 2 N–H and O–H groups in total. The molecule has 0 atom stereocenters. The van der Waals surface area contributed by atoms with Gasteiger partial charge in [-0.05, 0) is 18.6 Å². The average Bonchev–Trinajstić information content (AvgIpc) is 3.06. The van der Waals surface area contributed by atoms with Crippen LogP contribution in [0, 0.1) is 17.0 Å². The summed E-state index contributed by atoms with van der Waals surface area (Å²) < 4.78 is 10.2. The van der Waals surface area contributed by atoms with Gasteiger partial charge in [-0.3, -0.25) is 10.1 Å². The molecule has 2 heterocycles. The van der Waals surface area contributed by atoms with Crippen LogP contribution < -0.4 is 5.73 Å². The predicted octanol–water partition coefficient (Wildman–Crippen LogP) is 3.40. The van der Waals surface area contributed by atoms with Crippen LogP contribution in [0.25, 0.3) is 22.6 Å². The van der Waals surface area contributed by atoms with E-state index in [4.69, 9.17) is 14.7 Å². The third-order valence-electron chi connectivity index (χ3n) is 3.06. The van der Waals surface area contributed by atoms with Gasteiger partial charge in [0.2, 0.25) is 5.88 Å². The average molecular weight is 285 g/mol. The lowest BCUT2D eigenvalue weighted by Gasteiger charge is -2.01. The summed E-state index contributed by atoms with van der Waals surface area (Å²) in [6, 6.07) is 10.3. The van der Waals surface area contributed by atoms with Crippen LogP contribution >= 0.6 is 0 Å². The van der Waals surface area contributed by atoms with Crippen molar-refractivity contribution in [1.29, 1.82) is 0 Å². The molecule has 106 valence electrons. The quantitative estimate of drug-likeness (QED) is 0.583. The fraction of sp³-hybridized carbons (Fsp3) is 0.0714. The van der Waals surface area contributed by atoms with Crippen molar-refractivity contribution in [2.24, 2.45) is 0 Å². The van der Waals surface area contributed by atoms with Gasteiger partial charge in [0.1, 0.15) is 4.92 Å². The van der Waals surface area contributed by atoms with Crippen molar-refractivity contribution in [1.82, 2.24) is 5.16 Å². The van der Waals surface area contributed by atoms with Gasteiger partial charge >= 0.3 is 5.88 Å². The molecule has 0 aliphatic heterocycles. The Labute approximate surface area is 119 Å². The number of rotatable bonds is 3. The molecule has 0 saturated carbocycles. The number of nitrogen functional groups attached to an aromatic ring is 1. The Kier molecular flexibility index (Phi) is 2.94. The fourth-order valence-electron chi connectivity index (χ4n) is 2.02. The van der Waals surface area contributed by atoms with Crippen molar-refractivity contribution in [2.45, 2.75) is 6.92 Å². The minimum atomic E-state index is -0.613. The van der Waals surface area contributed by atoms with E-state index >= 15 is 0 Å². The van der Waals surface area contributed by atoms with Crippen LogP contribution in [-0.4, -0.2) is 10.1 Å². The van der Waals surface area contributed by atoms with E-state index in [0.29, 0.717) is 11.3 Å². The highest BCUT2D eigenvalue weighted by Gasteiger charge is 2.22. The van der Waals surface area contributed by atoms with E-state index in [1.165, 1.54) is 12.1 Å². The van der Waals surface area contributed by atoms with Crippen LogP contribution in [-0.2, 0) is 0 Å². The lowest BCUT2D eigenvalue weighted by Crippen LogP contribution is -1.87. The predicted molar refractivity (Wildman–Crippen MR) is 75.4 cm³/mol. The molecule has 0 saturated heterocycles. The Morgan fingerprint density at radius 2 is 1.90 bits per heavy atom. The first-order valence-corrected chi connectivity index (χ1v) is 6.13. The lowest BCUT2D eigenvalue weighted by molar-refractivity contribution is -0.401. The van der Waals surface area contributed by atoms with Crippen LogP contribution in [0.4, 0.5) is 11.8 Å². The van der Waals surface area contributed by atoms with Crippen molar-refractivity contribution in [3.05, 3.63) is 52.1 Å². The number of nitrogens with two attached hydrogens (primary N) is 1. The maximum Gasteiger partial charge on any atom is 0.433 e. The number of anilines is 1. The normalized spacial score (nSPS) is 10.7. The second-order valence-electron chi connectivity index (χ2n) is 4.53. The number of nitro groups is 1. The minimum Gasteiger partial charge on any atom is -0.399 e. The van der Waals surface area contributed by atoms with Gasteiger partial charge in [0.25, 0.3) is 0 Å². The number of aromatic nitrogens is 1. The first kappa shape index (κ1) is 12.9. The minimum absolute atomic E-state index is 0.132. The molecule has 7 nitrogen and oxygen atoms in total. The van der Waals surface area contributed by atoms with E-state index < -0.39 is 4.92 Å². The first-order chi connectivity index (χ1) is 10.1. The van der Waals surface area contributed by atoms with Gasteiger partial charge in [0, 0.05) is 0 Å². The van der Waals surface area contributed by atoms with Crippen LogP contribution in [0.1, 0.15) is 5.56 Å². The maximum atomic E-state index is 10.7. The summed E-state index contributed by atoms with van der Waals surface area (Å²) in [5.41, 5.74) is 8.60. The summed E-state index contributed by atoms with van der Waals surface area (Å²) in [4.78, 5) is 10.1. The Balaban J connectivity index is 2.11. The van der Waals surface area contributed by atoms with Gasteiger partial charge in [-0.2, -0.15) is 0 Å². The summed E-state index contributed by atoms with van der Waals surface area (Å²) in [6.07, 6.45) is 0. The molecule has 0 unspecified atom stereocenters. The summed E-state index contributed by atoms with van der Waals surface area (Å²) in [7, 11) is 0.